The van der Waals surface area contributed by atoms with Crippen LogP contribution in [0.5, 0.6) is 0 Å². The molecule has 3 unspecified atom stereocenters. The van der Waals surface area contributed by atoms with Gasteiger partial charge in [-0.2, -0.15) is 5.10 Å². The molecule has 2 saturated heterocycles. The van der Waals surface area contributed by atoms with E-state index in [1.165, 1.54) is 0 Å². The third kappa shape index (κ3) is 2.79. The van der Waals surface area contributed by atoms with E-state index in [1.807, 2.05) is 0 Å². The number of hydrogen-bond donors (Lipinski definition) is 2. The summed E-state index contributed by atoms with van der Waals surface area (Å²) in [5.41, 5.74) is 8.60. The fourth-order valence-corrected chi connectivity index (χ4v) is 2.77. The number of fused-ring (bicyclic) bond motifs is 2. The Morgan fingerprint density at radius 1 is 1.59 bits per heavy atom. The van der Waals surface area contributed by atoms with Crippen molar-refractivity contribution in [3.63, 3.8) is 0 Å². The second-order valence-corrected chi connectivity index (χ2v) is 5.67. The Morgan fingerprint density at radius 3 is 3.14 bits per heavy atom. The summed E-state index contributed by atoms with van der Waals surface area (Å²) in [6.45, 7) is 4.61. The highest BCUT2D eigenvalue weighted by molar-refractivity contribution is 7.80. The highest BCUT2D eigenvalue weighted by Crippen LogP contribution is 2.33. The standard InChI is InChI=1S/C11H15N7O2S2/c1-2-3-17-11(22)18(16-15-17)7-4-6(13-14-10(12)21)9-19-5-8(7)20-9/h2,7-9H,1,3-5H2,(H3,12,14,21)/b13-6-. The van der Waals surface area contributed by atoms with Crippen molar-refractivity contribution in [3.05, 3.63) is 17.4 Å². The first-order chi connectivity index (χ1) is 10.6. The zero-order valence-electron chi connectivity index (χ0n) is 11.6. The van der Waals surface area contributed by atoms with Crippen LogP contribution in [0.4, 0.5) is 0 Å². The van der Waals surface area contributed by atoms with Gasteiger partial charge in [0.1, 0.15) is 6.10 Å². The maximum absolute atomic E-state index is 5.79. The van der Waals surface area contributed by atoms with Gasteiger partial charge in [-0.3, -0.25) is 5.43 Å². The molecule has 0 saturated carbocycles. The Kier molecular flexibility index (Phi) is 4.29. The number of thiocarbonyl (C=S) groups is 1. The smallest absolute Gasteiger partial charge is 0.216 e. The summed E-state index contributed by atoms with van der Waals surface area (Å²) in [7, 11) is 0. The number of nitrogens with two attached hydrogens (primary N) is 1. The molecule has 0 aromatic carbocycles. The minimum Gasteiger partial charge on any atom is -0.375 e. The first-order valence-electron chi connectivity index (χ1n) is 6.62. The van der Waals surface area contributed by atoms with E-state index in [1.54, 1.807) is 15.4 Å². The molecule has 2 aliphatic rings. The van der Waals surface area contributed by atoms with E-state index in [9.17, 15) is 0 Å². The van der Waals surface area contributed by atoms with Crippen molar-refractivity contribution < 1.29 is 9.47 Å². The zero-order valence-corrected chi connectivity index (χ0v) is 13.2. The average Bonchev–Trinajstić information content (AvgIpc) is 3.06. The predicted molar refractivity (Wildman–Crippen MR) is 84.7 cm³/mol. The fraction of sp³-hybridized carbons (Fsp3) is 0.545. The van der Waals surface area contributed by atoms with E-state index >= 15 is 0 Å². The summed E-state index contributed by atoms with van der Waals surface area (Å²) in [5.74, 6) is 0. The Labute approximate surface area is 136 Å². The van der Waals surface area contributed by atoms with Crippen LogP contribution in [0.3, 0.4) is 0 Å². The Morgan fingerprint density at radius 2 is 2.41 bits per heavy atom. The molecule has 3 atom stereocenters. The van der Waals surface area contributed by atoms with Crippen LogP contribution in [-0.2, 0) is 16.0 Å². The van der Waals surface area contributed by atoms with Crippen molar-refractivity contribution in [1.82, 2.24) is 25.2 Å². The molecule has 2 fully saturated rings. The van der Waals surface area contributed by atoms with Crippen LogP contribution in [0, 0.1) is 4.77 Å². The summed E-state index contributed by atoms with van der Waals surface area (Å²) in [6, 6.07) is -0.142. The Balaban J connectivity index is 1.87. The average molecular weight is 341 g/mol. The molecule has 0 amide bonds. The number of nitrogens with one attached hydrogen (secondary N) is 1. The molecule has 1 aromatic rings. The van der Waals surface area contributed by atoms with Crippen LogP contribution < -0.4 is 11.2 Å². The summed E-state index contributed by atoms with van der Waals surface area (Å²) in [4.78, 5) is 0. The highest BCUT2D eigenvalue weighted by Gasteiger charge is 2.44. The number of tetrazole rings is 1. The van der Waals surface area contributed by atoms with Crippen LogP contribution in [0.25, 0.3) is 0 Å². The van der Waals surface area contributed by atoms with Crippen LogP contribution >= 0.6 is 24.4 Å². The summed E-state index contributed by atoms with van der Waals surface area (Å²) < 4.78 is 15.1. The number of aromatic nitrogens is 4. The number of hydrogen-bond acceptors (Lipinski definition) is 7. The lowest BCUT2D eigenvalue weighted by molar-refractivity contribution is -0.0324. The lowest BCUT2D eigenvalue weighted by atomic mass is 10.0. The number of allylic oxidation sites excluding steroid dienone is 1. The second-order valence-electron chi connectivity index (χ2n) is 4.87. The molecule has 2 aliphatic heterocycles. The van der Waals surface area contributed by atoms with Gasteiger partial charge >= 0.3 is 0 Å². The largest absolute Gasteiger partial charge is 0.375 e. The maximum atomic E-state index is 5.79. The van der Waals surface area contributed by atoms with E-state index < -0.39 is 6.29 Å². The molecule has 3 N–H and O–H groups in total. The van der Waals surface area contributed by atoms with Crippen LogP contribution in [0.2, 0.25) is 0 Å². The molecule has 118 valence electrons. The van der Waals surface area contributed by atoms with Gasteiger partial charge in [0, 0.05) is 6.42 Å². The fourth-order valence-electron chi connectivity index (χ4n) is 2.44. The lowest BCUT2D eigenvalue weighted by Gasteiger charge is -2.27. The van der Waals surface area contributed by atoms with Crippen molar-refractivity contribution in [1.29, 1.82) is 0 Å². The quantitative estimate of drug-likeness (QED) is 0.443. The molecule has 22 heavy (non-hydrogen) atoms. The minimum absolute atomic E-state index is 0.0812. The van der Waals surface area contributed by atoms with Gasteiger partial charge in [-0.15, -0.1) is 6.58 Å². The monoisotopic (exact) mass is 341 g/mol. The first kappa shape index (κ1) is 15.2. The molecule has 0 radical (unpaired) electrons. The lowest BCUT2D eigenvalue weighted by Crippen LogP contribution is -2.39. The van der Waals surface area contributed by atoms with Crippen molar-refractivity contribution in [2.45, 2.75) is 31.4 Å². The first-order valence-corrected chi connectivity index (χ1v) is 7.44. The van der Waals surface area contributed by atoms with E-state index in [0.717, 1.165) is 0 Å². The highest BCUT2D eigenvalue weighted by atomic mass is 32.1. The van der Waals surface area contributed by atoms with Gasteiger partial charge in [0.05, 0.1) is 24.9 Å². The van der Waals surface area contributed by atoms with Gasteiger partial charge in [-0.25, -0.2) is 9.36 Å². The molecule has 1 aromatic heterocycles. The topological polar surface area (TPSA) is 105 Å². The van der Waals surface area contributed by atoms with Crippen molar-refractivity contribution in [2.24, 2.45) is 10.8 Å². The number of rotatable bonds is 4. The van der Waals surface area contributed by atoms with Gasteiger partial charge in [0.25, 0.3) is 0 Å². The summed E-state index contributed by atoms with van der Waals surface area (Å²) in [5, 5.41) is 12.4. The van der Waals surface area contributed by atoms with E-state index in [-0.39, 0.29) is 17.3 Å². The van der Waals surface area contributed by atoms with Gasteiger partial charge in [-0.1, -0.05) is 6.08 Å². The number of hydrazone groups is 1. The molecule has 3 heterocycles. The van der Waals surface area contributed by atoms with E-state index in [4.69, 9.17) is 39.6 Å². The molecule has 0 spiro atoms. The molecular weight excluding hydrogens is 326 g/mol. The third-order valence-corrected chi connectivity index (χ3v) is 3.91. The van der Waals surface area contributed by atoms with Crippen molar-refractivity contribution >= 4 is 35.3 Å². The molecular formula is C11H15N7O2S2. The van der Waals surface area contributed by atoms with Crippen molar-refractivity contribution in [3.8, 4) is 0 Å². The van der Waals surface area contributed by atoms with Gasteiger partial charge in [0.15, 0.2) is 11.4 Å². The summed E-state index contributed by atoms with van der Waals surface area (Å²) >= 11 is 10.1. The normalized spacial score (nSPS) is 28.7. The van der Waals surface area contributed by atoms with Gasteiger partial charge < -0.3 is 15.2 Å². The van der Waals surface area contributed by atoms with Crippen LogP contribution in [0.15, 0.2) is 17.8 Å². The zero-order chi connectivity index (χ0) is 15.7. The minimum atomic E-state index is -0.486. The number of nitrogens with zero attached hydrogens (tertiary/aromatic N) is 5. The Bertz CT molecular complexity index is 682. The molecule has 3 rings (SSSR count). The van der Waals surface area contributed by atoms with E-state index in [0.29, 0.717) is 30.1 Å². The van der Waals surface area contributed by atoms with Crippen LogP contribution in [-0.4, -0.2) is 49.6 Å². The van der Waals surface area contributed by atoms with Crippen LogP contribution in [0.1, 0.15) is 12.5 Å². The molecule has 0 aliphatic carbocycles. The second kappa shape index (κ2) is 6.20. The van der Waals surface area contributed by atoms with Crippen molar-refractivity contribution in [2.75, 3.05) is 6.61 Å². The van der Waals surface area contributed by atoms with Gasteiger partial charge in [0.2, 0.25) is 4.77 Å². The van der Waals surface area contributed by atoms with Gasteiger partial charge in [-0.05, 0) is 34.9 Å². The van der Waals surface area contributed by atoms with E-state index in [2.05, 4.69) is 27.5 Å². The third-order valence-electron chi connectivity index (χ3n) is 3.42. The predicted octanol–water partition coefficient (Wildman–Crippen LogP) is -0.129. The number of ether oxygens (including phenoxy) is 2. The SMILES string of the molecule is C=CCn1nnn(C2C/C(=N/NC(N)=S)C3OCC2O3)c1=S. The summed E-state index contributed by atoms with van der Waals surface area (Å²) in [6.07, 6.45) is 1.64. The molecule has 11 heteroatoms. The maximum Gasteiger partial charge on any atom is 0.216 e. The Hall–Kier alpha value is -1.69. The molecule has 9 nitrogen and oxygen atoms in total. The molecule has 2 bridgehead atoms.